The fourth-order valence-electron chi connectivity index (χ4n) is 2.80. The fourth-order valence-corrected chi connectivity index (χ4v) is 3.88. The SMILES string of the molecule is CCOC(=O)c1sc2nc([C@@H](C)OC(=O)Cc3ccccc3)[nH]c(=O)c2c1C. The zero-order valence-electron chi connectivity index (χ0n) is 15.8. The summed E-state index contributed by atoms with van der Waals surface area (Å²) in [4.78, 5) is 44.5. The van der Waals surface area contributed by atoms with Gasteiger partial charge in [0.2, 0.25) is 0 Å². The summed E-state index contributed by atoms with van der Waals surface area (Å²) >= 11 is 1.09. The van der Waals surface area contributed by atoms with E-state index in [1.54, 1.807) is 20.8 Å². The van der Waals surface area contributed by atoms with Crippen LogP contribution in [0, 0.1) is 6.92 Å². The number of fused-ring (bicyclic) bond motifs is 1. The van der Waals surface area contributed by atoms with E-state index in [1.165, 1.54) is 0 Å². The van der Waals surface area contributed by atoms with Crippen molar-refractivity contribution in [3.05, 3.63) is 62.5 Å². The second-order valence-electron chi connectivity index (χ2n) is 6.20. The highest BCUT2D eigenvalue weighted by Gasteiger charge is 2.22. The van der Waals surface area contributed by atoms with Crippen LogP contribution in [0.5, 0.6) is 0 Å². The zero-order chi connectivity index (χ0) is 20.3. The van der Waals surface area contributed by atoms with Gasteiger partial charge in [-0.15, -0.1) is 11.3 Å². The monoisotopic (exact) mass is 400 g/mol. The normalized spacial score (nSPS) is 12.0. The van der Waals surface area contributed by atoms with Crippen LogP contribution in [0.4, 0.5) is 0 Å². The van der Waals surface area contributed by atoms with Crippen LogP contribution in [0.15, 0.2) is 35.1 Å². The molecule has 8 heteroatoms. The molecule has 146 valence electrons. The second-order valence-corrected chi connectivity index (χ2v) is 7.20. The quantitative estimate of drug-likeness (QED) is 0.638. The van der Waals surface area contributed by atoms with Crippen LogP contribution in [0.3, 0.4) is 0 Å². The predicted molar refractivity (Wildman–Crippen MR) is 106 cm³/mol. The van der Waals surface area contributed by atoms with Gasteiger partial charge in [0.05, 0.1) is 18.4 Å². The van der Waals surface area contributed by atoms with Gasteiger partial charge in [0.1, 0.15) is 9.71 Å². The maximum atomic E-state index is 12.5. The van der Waals surface area contributed by atoms with Gasteiger partial charge in [-0.25, -0.2) is 9.78 Å². The van der Waals surface area contributed by atoms with Crippen LogP contribution >= 0.6 is 11.3 Å². The Balaban J connectivity index is 1.83. The van der Waals surface area contributed by atoms with Gasteiger partial charge in [-0.3, -0.25) is 9.59 Å². The third-order valence-corrected chi connectivity index (χ3v) is 5.33. The number of esters is 2. The molecule has 0 aliphatic rings. The number of aryl methyl sites for hydroxylation is 1. The number of aromatic nitrogens is 2. The van der Waals surface area contributed by atoms with Gasteiger partial charge >= 0.3 is 11.9 Å². The van der Waals surface area contributed by atoms with Crippen LogP contribution in [0.2, 0.25) is 0 Å². The highest BCUT2D eigenvalue weighted by molar-refractivity contribution is 7.20. The molecule has 2 heterocycles. The minimum absolute atomic E-state index is 0.128. The third-order valence-electron chi connectivity index (χ3n) is 4.16. The van der Waals surface area contributed by atoms with Crippen molar-refractivity contribution in [2.24, 2.45) is 0 Å². The molecule has 0 radical (unpaired) electrons. The number of hydrogen-bond acceptors (Lipinski definition) is 7. The largest absolute Gasteiger partial charge is 0.462 e. The third kappa shape index (κ3) is 4.12. The molecule has 1 atom stereocenters. The van der Waals surface area contributed by atoms with Gasteiger partial charge in [0, 0.05) is 0 Å². The van der Waals surface area contributed by atoms with Crippen molar-refractivity contribution in [1.82, 2.24) is 9.97 Å². The van der Waals surface area contributed by atoms with Crippen molar-refractivity contribution < 1.29 is 19.1 Å². The molecule has 0 bridgehead atoms. The van der Waals surface area contributed by atoms with E-state index in [0.29, 0.717) is 20.7 Å². The number of rotatable bonds is 6. The van der Waals surface area contributed by atoms with Gasteiger partial charge < -0.3 is 14.5 Å². The lowest BCUT2D eigenvalue weighted by molar-refractivity contribution is -0.148. The predicted octanol–water partition coefficient (Wildman–Crippen LogP) is 3.32. The molecule has 0 spiro atoms. The molecule has 0 aliphatic carbocycles. The summed E-state index contributed by atoms with van der Waals surface area (Å²) in [6.07, 6.45) is -0.607. The van der Waals surface area contributed by atoms with Crippen LogP contribution in [-0.2, 0) is 20.7 Å². The second kappa shape index (κ2) is 8.35. The van der Waals surface area contributed by atoms with Crippen molar-refractivity contribution in [2.45, 2.75) is 33.3 Å². The van der Waals surface area contributed by atoms with Crippen LogP contribution in [0.1, 0.15) is 46.6 Å². The van der Waals surface area contributed by atoms with E-state index in [4.69, 9.17) is 9.47 Å². The molecule has 0 saturated carbocycles. The Morgan fingerprint density at radius 3 is 2.64 bits per heavy atom. The van der Waals surface area contributed by atoms with Gasteiger partial charge in [-0.05, 0) is 31.9 Å². The Morgan fingerprint density at radius 2 is 1.96 bits per heavy atom. The maximum absolute atomic E-state index is 12.5. The molecule has 1 aromatic carbocycles. The number of ether oxygens (including phenoxy) is 2. The average Bonchev–Trinajstić information content (AvgIpc) is 2.99. The van der Waals surface area contributed by atoms with Gasteiger partial charge in [0.15, 0.2) is 11.9 Å². The van der Waals surface area contributed by atoms with Crippen LogP contribution in [0.25, 0.3) is 10.2 Å². The van der Waals surface area contributed by atoms with E-state index in [9.17, 15) is 14.4 Å². The van der Waals surface area contributed by atoms with Gasteiger partial charge in [0.25, 0.3) is 5.56 Å². The molecule has 1 N–H and O–H groups in total. The molecular weight excluding hydrogens is 380 g/mol. The minimum atomic E-state index is -0.734. The smallest absolute Gasteiger partial charge is 0.348 e. The summed E-state index contributed by atoms with van der Waals surface area (Å²) in [5.74, 6) is -0.669. The first kappa shape index (κ1) is 19.8. The van der Waals surface area contributed by atoms with Crippen molar-refractivity contribution in [3.63, 3.8) is 0 Å². The Labute approximate surface area is 165 Å². The van der Waals surface area contributed by atoms with E-state index in [-0.39, 0.29) is 24.4 Å². The summed E-state index contributed by atoms with van der Waals surface area (Å²) in [5.41, 5.74) is 0.993. The zero-order valence-corrected chi connectivity index (χ0v) is 16.6. The van der Waals surface area contributed by atoms with E-state index >= 15 is 0 Å². The van der Waals surface area contributed by atoms with Crippen LogP contribution in [-0.4, -0.2) is 28.5 Å². The molecular formula is C20H20N2O5S. The number of aromatic amines is 1. The standard InChI is InChI=1S/C20H20N2O5S/c1-4-26-20(25)16-11(2)15-18(24)21-17(22-19(15)28-16)12(3)27-14(23)10-13-8-6-5-7-9-13/h5-9,12H,4,10H2,1-3H3,(H,21,22,24)/t12-/m1/s1. The number of thiophene rings is 1. The number of carbonyl (C=O) groups excluding carboxylic acids is 2. The molecule has 0 fully saturated rings. The lowest BCUT2D eigenvalue weighted by atomic mass is 10.1. The number of hydrogen-bond donors (Lipinski definition) is 1. The maximum Gasteiger partial charge on any atom is 0.348 e. The van der Waals surface area contributed by atoms with Crippen molar-refractivity contribution in [1.29, 1.82) is 0 Å². The lowest BCUT2D eigenvalue weighted by Gasteiger charge is -2.12. The number of benzene rings is 1. The summed E-state index contributed by atoms with van der Waals surface area (Å²) in [7, 11) is 0. The fraction of sp³-hybridized carbons (Fsp3) is 0.300. The number of nitrogens with one attached hydrogen (secondary N) is 1. The Bertz CT molecular complexity index is 1070. The summed E-state index contributed by atoms with van der Waals surface area (Å²) < 4.78 is 10.4. The molecule has 7 nitrogen and oxygen atoms in total. The van der Waals surface area contributed by atoms with Crippen molar-refractivity contribution in [2.75, 3.05) is 6.61 Å². The van der Waals surface area contributed by atoms with Crippen molar-refractivity contribution >= 4 is 33.5 Å². The van der Waals surface area contributed by atoms with Gasteiger partial charge in [-0.2, -0.15) is 0 Å². The van der Waals surface area contributed by atoms with E-state index in [0.717, 1.165) is 16.9 Å². The molecule has 2 aromatic heterocycles. The Hall–Kier alpha value is -3.00. The Kier molecular flexibility index (Phi) is 5.89. The number of nitrogens with zero attached hydrogens (tertiary/aromatic N) is 1. The summed E-state index contributed by atoms with van der Waals surface area (Å²) in [6, 6.07) is 9.24. The first-order chi connectivity index (χ1) is 13.4. The lowest BCUT2D eigenvalue weighted by Crippen LogP contribution is -2.18. The number of H-pyrrole nitrogens is 1. The van der Waals surface area contributed by atoms with Crippen molar-refractivity contribution in [3.8, 4) is 0 Å². The molecule has 0 unspecified atom stereocenters. The molecule has 0 aliphatic heterocycles. The first-order valence-electron chi connectivity index (χ1n) is 8.84. The summed E-state index contributed by atoms with van der Waals surface area (Å²) in [6.45, 7) is 5.29. The highest BCUT2D eigenvalue weighted by atomic mass is 32.1. The summed E-state index contributed by atoms with van der Waals surface area (Å²) in [5, 5.41) is 0.347. The molecule has 3 rings (SSSR count). The minimum Gasteiger partial charge on any atom is -0.462 e. The highest BCUT2D eigenvalue weighted by Crippen LogP contribution is 2.28. The molecule has 0 amide bonds. The molecule has 3 aromatic rings. The average molecular weight is 400 g/mol. The van der Waals surface area contributed by atoms with E-state index < -0.39 is 18.0 Å². The molecule has 0 saturated heterocycles. The Morgan fingerprint density at radius 1 is 1.25 bits per heavy atom. The van der Waals surface area contributed by atoms with Gasteiger partial charge in [-0.1, -0.05) is 30.3 Å². The van der Waals surface area contributed by atoms with E-state index in [2.05, 4.69) is 9.97 Å². The number of carbonyl (C=O) groups is 2. The topological polar surface area (TPSA) is 98.3 Å². The first-order valence-corrected chi connectivity index (χ1v) is 9.66. The van der Waals surface area contributed by atoms with E-state index in [1.807, 2.05) is 30.3 Å². The van der Waals surface area contributed by atoms with Crippen LogP contribution < -0.4 is 5.56 Å². The molecule has 28 heavy (non-hydrogen) atoms.